The molecule has 5 nitrogen and oxygen atoms in total. The molecule has 1 aromatic carbocycles. The van der Waals surface area contributed by atoms with Crippen LogP contribution in [0.5, 0.6) is 0 Å². The highest BCUT2D eigenvalue weighted by Crippen LogP contribution is 2.29. The molecule has 2 aromatic heterocycles. The summed E-state index contributed by atoms with van der Waals surface area (Å²) in [5, 5.41) is 0. The van der Waals surface area contributed by atoms with Crippen LogP contribution >= 0.6 is 22.6 Å². The Labute approximate surface area is 147 Å². The van der Waals surface area contributed by atoms with Gasteiger partial charge in [0.25, 0.3) is 0 Å². The van der Waals surface area contributed by atoms with E-state index in [9.17, 15) is 4.79 Å². The molecular formula is C17H14IN3O2. The van der Waals surface area contributed by atoms with Crippen LogP contribution in [0.1, 0.15) is 10.4 Å². The average molecular weight is 419 g/mol. The molecule has 0 radical (unpaired) electrons. The first-order valence-electron chi connectivity index (χ1n) is 6.94. The summed E-state index contributed by atoms with van der Waals surface area (Å²) in [5.41, 5.74) is 3.16. The molecule has 0 bridgehead atoms. The van der Waals surface area contributed by atoms with E-state index in [0.29, 0.717) is 5.56 Å². The van der Waals surface area contributed by atoms with Crippen molar-refractivity contribution in [2.75, 3.05) is 7.11 Å². The Balaban J connectivity index is 2.03. The van der Waals surface area contributed by atoms with Crippen LogP contribution in [-0.2, 0) is 11.8 Å². The first-order valence-corrected chi connectivity index (χ1v) is 8.02. The van der Waals surface area contributed by atoms with Crippen LogP contribution in [0.15, 0.2) is 48.7 Å². The van der Waals surface area contributed by atoms with Crippen molar-refractivity contribution in [1.82, 2.24) is 14.5 Å². The second kappa shape index (κ2) is 6.49. The third kappa shape index (κ3) is 2.98. The fraction of sp³-hybridized carbons (Fsp3) is 0.118. The summed E-state index contributed by atoms with van der Waals surface area (Å²) in [5.74, 6) is 0.462. The maximum Gasteiger partial charge on any atom is 0.337 e. The van der Waals surface area contributed by atoms with Crippen LogP contribution in [-0.4, -0.2) is 27.6 Å². The zero-order valence-electron chi connectivity index (χ0n) is 12.7. The Morgan fingerprint density at radius 1 is 1.17 bits per heavy atom. The number of ether oxygens (including phenoxy) is 1. The van der Waals surface area contributed by atoms with E-state index in [4.69, 9.17) is 9.72 Å². The van der Waals surface area contributed by atoms with Crippen molar-refractivity contribution in [3.05, 3.63) is 57.9 Å². The molecule has 0 aliphatic carbocycles. The van der Waals surface area contributed by atoms with Gasteiger partial charge in [0.15, 0.2) is 5.82 Å². The largest absolute Gasteiger partial charge is 0.465 e. The van der Waals surface area contributed by atoms with Gasteiger partial charge in [-0.15, -0.1) is 0 Å². The molecule has 6 heteroatoms. The number of pyridine rings is 1. The maximum atomic E-state index is 11.5. The van der Waals surface area contributed by atoms with Gasteiger partial charge in [-0.25, -0.2) is 9.78 Å². The van der Waals surface area contributed by atoms with E-state index in [-0.39, 0.29) is 5.97 Å². The van der Waals surface area contributed by atoms with Crippen LogP contribution in [0.4, 0.5) is 0 Å². The number of halogens is 1. The van der Waals surface area contributed by atoms with E-state index in [1.54, 1.807) is 18.3 Å². The number of aromatic nitrogens is 3. The number of carbonyl (C=O) groups is 1. The van der Waals surface area contributed by atoms with Crippen molar-refractivity contribution < 1.29 is 9.53 Å². The van der Waals surface area contributed by atoms with Crippen molar-refractivity contribution in [3.8, 4) is 22.8 Å². The van der Waals surface area contributed by atoms with Crippen LogP contribution in [0.2, 0.25) is 0 Å². The predicted octanol–water partition coefficient (Wildman–Crippen LogP) is 3.54. The monoisotopic (exact) mass is 419 g/mol. The Kier molecular flexibility index (Phi) is 4.42. The highest BCUT2D eigenvalue weighted by molar-refractivity contribution is 14.1. The standard InChI is InChI=1S/C17H14IN3O2/c1-21-15(18)14(20-16(21)13-5-3-4-10-19-13)11-6-8-12(9-7-11)17(22)23-2/h3-10H,1-2H3. The van der Waals surface area contributed by atoms with Gasteiger partial charge in [0.1, 0.15) is 15.1 Å². The van der Waals surface area contributed by atoms with E-state index >= 15 is 0 Å². The summed E-state index contributed by atoms with van der Waals surface area (Å²) in [6, 6.07) is 13.0. The van der Waals surface area contributed by atoms with Gasteiger partial charge in [0.05, 0.1) is 12.7 Å². The van der Waals surface area contributed by atoms with E-state index in [1.807, 2.05) is 41.9 Å². The van der Waals surface area contributed by atoms with Gasteiger partial charge in [-0.2, -0.15) is 0 Å². The molecule has 0 spiro atoms. The number of nitrogens with zero attached hydrogens (tertiary/aromatic N) is 3. The molecule has 0 fully saturated rings. The molecular weight excluding hydrogens is 405 g/mol. The summed E-state index contributed by atoms with van der Waals surface area (Å²) < 4.78 is 7.73. The Hall–Kier alpha value is -2.22. The SMILES string of the molecule is COC(=O)c1ccc(-c2nc(-c3ccccn3)n(C)c2I)cc1. The maximum absolute atomic E-state index is 11.5. The molecule has 2 heterocycles. The van der Waals surface area contributed by atoms with Gasteiger partial charge in [-0.1, -0.05) is 18.2 Å². The highest BCUT2D eigenvalue weighted by Gasteiger charge is 2.16. The molecule has 0 atom stereocenters. The zero-order valence-corrected chi connectivity index (χ0v) is 14.8. The van der Waals surface area contributed by atoms with Crippen molar-refractivity contribution in [2.24, 2.45) is 7.05 Å². The number of benzene rings is 1. The molecule has 0 amide bonds. The molecule has 0 aliphatic rings. The van der Waals surface area contributed by atoms with Gasteiger partial charge < -0.3 is 9.30 Å². The second-order valence-corrected chi connectivity index (χ2v) is 5.94. The lowest BCUT2D eigenvalue weighted by Gasteiger charge is -2.02. The van der Waals surface area contributed by atoms with E-state index in [0.717, 1.165) is 26.5 Å². The fourth-order valence-electron chi connectivity index (χ4n) is 2.27. The second-order valence-electron chi connectivity index (χ2n) is 4.92. The molecule has 3 rings (SSSR count). The Morgan fingerprint density at radius 3 is 2.52 bits per heavy atom. The number of hydrogen-bond acceptors (Lipinski definition) is 4. The predicted molar refractivity (Wildman–Crippen MR) is 95.9 cm³/mol. The number of imidazole rings is 1. The molecule has 0 unspecified atom stereocenters. The van der Waals surface area contributed by atoms with E-state index in [1.165, 1.54) is 7.11 Å². The Bertz CT molecular complexity index is 842. The van der Waals surface area contributed by atoms with Crippen LogP contribution < -0.4 is 0 Å². The summed E-state index contributed by atoms with van der Waals surface area (Å²) in [4.78, 5) is 20.6. The lowest BCUT2D eigenvalue weighted by molar-refractivity contribution is 0.0601. The smallest absolute Gasteiger partial charge is 0.337 e. The number of hydrogen-bond donors (Lipinski definition) is 0. The first-order chi connectivity index (χ1) is 11.1. The minimum Gasteiger partial charge on any atom is -0.465 e. The van der Waals surface area contributed by atoms with E-state index < -0.39 is 0 Å². The summed E-state index contributed by atoms with van der Waals surface area (Å²) in [7, 11) is 3.34. The van der Waals surface area contributed by atoms with Gasteiger partial charge in [-0.3, -0.25) is 4.98 Å². The van der Waals surface area contributed by atoms with Crippen molar-refractivity contribution in [3.63, 3.8) is 0 Å². The molecule has 0 aliphatic heterocycles. The minimum atomic E-state index is -0.346. The average Bonchev–Trinajstić information content (AvgIpc) is 2.91. The molecule has 116 valence electrons. The van der Waals surface area contributed by atoms with Crippen LogP contribution in [0.3, 0.4) is 0 Å². The van der Waals surface area contributed by atoms with E-state index in [2.05, 4.69) is 27.6 Å². The fourth-order valence-corrected chi connectivity index (χ4v) is 2.93. The van der Waals surface area contributed by atoms with Gasteiger partial charge in [0.2, 0.25) is 0 Å². The highest BCUT2D eigenvalue weighted by atomic mass is 127. The number of rotatable bonds is 3. The zero-order chi connectivity index (χ0) is 16.4. The topological polar surface area (TPSA) is 57.0 Å². The molecule has 0 N–H and O–H groups in total. The van der Waals surface area contributed by atoms with Gasteiger partial charge in [0, 0.05) is 18.8 Å². The summed E-state index contributed by atoms with van der Waals surface area (Å²) in [6.45, 7) is 0. The number of carbonyl (C=O) groups excluding carboxylic acids is 1. The molecule has 23 heavy (non-hydrogen) atoms. The van der Waals surface area contributed by atoms with Crippen LogP contribution in [0.25, 0.3) is 22.8 Å². The van der Waals surface area contributed by atoms with Crippen molar-refractivity contribution in [2.45, 2.75) is 0 Å². The van der Waals surface area contributed by atoms with Crippen molar-refractivity contribution >= 4 is 28.6 Å². The number of methoxy groups -OCH3 is 1. The van der Waals surface area contributed by atoms with Gasteiger partial charge >= 0.3 is 5.97 Å². The quantitative estimate of drug-likeness (QED) is 0.482. The molecule has 0 saturated carbocycles. The van der Waals surface area contributed by atoms with Gasteiger partial charge in [-0.05, 0) is 46.9 Å². The summed E-state index contributed by atoms with van der Waals surface area (Å²) >= 11 is 2.27. The Morgan fingerprint density at radius 2 is 1.91 bits per heavy atom. The minimum absolute atomic E-state index is 0.346. The summed E-state index contributed by atoms with van der Waals surface area (Å²) in [6.07, 6.45) is 1.75. The molecule has 0 saturated heterocycles. The lowest BCUT2D eigenvalue weighted by atomic mass is 10.1. The third-order valence-corrected chi connectivity index (χ3v) is 4.73. The van der Waals surface area contributed by atoms with Crippen molar-refractivity contribution in [1.29, 1.82) is 0 Å². The first kappa shape index (κ1) is 15.7. The molecule has 3 aromatic rings. The lowest BCUT2D eigenvalue weighted by Crippen LogP contribution is -2.00. The number of esters is 1. The van der Waals surface area contributed by atoms with Crippen LogP contribution in [0, 0.1) is 3.70 Å². The third-order valence-electron chi connectivity index (χ3n) is 3.50. The normalized spacial score (nSPS) is 10.6.